The van der Waals surface area contributed by atoms with Crippen LogP contribution in [0.5, 0.6) is 0 Å². The second kappa shape index (κ2) is 13.8. The maximum atomic E-state index is 12.1. The summed E-state index contributed by atoms with van der Waals surface area (Å²) in [7, 11) is 0. The quantitative estimate of drug-likeness (QED) is 0.124. The van der Waals surface area contributed by atoms with Gasteiger partial charge < -0.3 is 21.4 Å². The van der Waals surface area contributed by atoms with Crippen molar-refractivity contribution in [2.24, 2.45) is 11.6 Å². The number of aromatic nitrogens is 2. The number of rotatable bonds is 13. The molecule has 0 fully saturated rings. The van der Waals surface area contributed by atoms with E-state index in [2.05, 4.69) is 20.8 Å². The Kier molecular flexibility index (Phi) is 10.2. The SMILES string of the molecule is N/C(=C\N(N)CCCCc1nnc(NC(=O)Cc2ccccc2)s1)C(=O)NCCc1ccccc1. The summed E-state index contributed by atoms with van der Waals surface area (Å²) in [4.78, 5) is 24.3. The maximum Gasteiger partial charge on any atom is 0.268 e. The largest absolute Gasteiger partial charge is 0.393 e. The van der Waals surface area contributed by atoms with Gasteiger partial charge in [0.2, 0.25) is 11.0 Å². The first kappa shape index (κ1) is 25.9. The van der Waals surface area contributed by atoms with Crippen molar-refractivity contribution in [3.63, 3.8) is 0 Å². The molecule has 0 bridgehead atoms. The number of unbranched alkanes of at least 4 members (excludes halogenated alkanes) is 1. The molecule has 0 unspecified atom stereocenters. The molecule has 2 aromatic carbocycles. The van der Waals surface area contributed by atoms with Crippen molar-refractivity contribution in [3.8, 4) is 0 Å². The summed E-state index contributed by atoms with van der Waals surface area (Å²) >= 11 is 1.37. The highest BCUT2D eigenvalue weighted by molar-refractivity contribution is 7.15. The minimum Gasteiger partial charge on any atom is -0.393 e. The Morgan fingerprint density at radius 1 is 0.943 bits per heavy atom. The molecule has 35 heavy (non-hydrogen) atoms. The Morgan fingerprint density at radius 2 is 1.63 bits per heavy atom. The van der Waals surface area contributed by atoms with E-state index in [9.17, 15) is 9.59 Å². The molecule has 0 saturated heterocycles. The van der Waals surface area contributed by atoms with Gasteiger partial charge in [-0.2, -0.15) is 0 Å². The van der Waals surface area contributed by atoms with E-state index < -0.39 is 0 Å². The van der Waals surface area contributed by atoms with Crippen molar-refractivity contribution in [3.05, 3.63) is 88.7 Å². The molecule has 0 aliphatic heterocycles. The Balaban J connectivity index is 1.31. The van der Waals surface area contributed by atoms with E-state index in [1.165, 1.54) is 22.5 Å². The van der Waals surface area contributed by atoms with Gasteiger partial charge in [-0.05, 0) is 30.4 Å². The number of nitrogens with two attached hydrogens (primary N) is 2. The van der Waals surface area contributed by atoms with Crippen LogP contribution in [-0.2, 0) is 28.9 Å². The number of anilines is 1. The molecular weight excluding hydrogens is 462 g/mol. The molecule has 1 aromatic heterocycles. The van der Waals surface area contributed by atoms with Crippen LogP contribution in [0.3, 0.4) is 0 Å². The highest BCUT2D eigenvalue weighted by atomic mass is 32.1. The molecule has 6 N–H and O–H groups in total. The van der Waals surface area contributed by atoms with Crippen LogP contribution in [0.15, 0.2) is 72.6 Å². The first-order valence-corrected chi connectivity index (χ1v) is 12.3. The number of carbonyl (C=O) groups is 2. The van der Waals surface area contributed by atoms with Gasteiger partial charge in [0.25, 0.3) is 5.91 Å². The van der Waals surface area contributed by atoms with E-state index in [1.807, 2.05) is 60.7 Å². The van der Waals surface area contributed by atoms with E-state index in [0.29, 0.717) is 24.6 Å². The lowest BCUT2D eigenvalue weighted by Crippen LogP contribution is -2.34. The van der Waals surface area contributed by atoms with E-state index in [4.69, 9.17) is 11.6 Å². The summed E-state index contributed by atoms with van der Waals surface area (Å²) in [5.74, 6) is 5.50. The first-order valence-electron chi connectivity index (χ1n) is 11.5. The molecule has 0 atom stereocenters. The molecular formula is C25H31N7O2S. The van der Waals surface area contributed by atoms with Crippen LogP contribution in [-0.4, -0.2) is 40.1 Å². The Morgan fingerprint density at radius 3 is 2.34 bits per heavy atom. The summed E-state index contributed by atoms with van der Waals surface area (Å²) in [6, 6.07) is 19.4. The fourth-order valence-electron chi connectivity index (χ4n) is 3.29. The zero-order chi connectivity index (χ0) is 24.9. The Hall–Kier alpha value is -3.76. The van der Waals surface area contributed by atoms with Crippen molar-refractivity contribution in [2.45, 2.75) is 32.1 Å². The predicted octanol–water partition coefficient (Wildman–Crippen LogP) is 2.38. The molecule has 3 aromatic rings. The Bertz CT molecular complexity index is 1100. The van der Waals surface area contributed by atoms with Crippen molar-refractivity contribution in [1.82, 2.24) is 20.5 Å². The molecule has 1 heterocycles. The topological polar surface area (TPSA) is 139 Å². The van der Waals surface area contributed by atoms with Gasteiger partial charge >= 0.3 is 0 Å². The van der Waals surface area contributed by atoms with Crippen molar-refractivity contribution < 1.29 is 9.59 Å². The predicted molar refractivity (Wildman–Crippen MR) is 138 cm³/mol. The monoisotopic (exact) mass is 493 g/mol. The number of nitrogens with zero attached hydrogens (tertiary/aromatic N) is 3. The summed E-state index contributed by atoms with van der Waals surface area (Å²) in [5, 5.41) is 16.5. The number of hydrazine groups is 1. The lowest BCUT2D eigenvalue weighted by Gasteiger charge is -2.14. The molecule has 0 saturated carbocycles. The van der Waals surface area contributed by atoms with Gasteiger partial charge in [0, 0.05) is 25.7 Å². The third kappa shape index (κ3) is 9.55. The second-order valence-electron chi connectivity index (χ2n) is 7.98. The number of hydrogen-bond donors (Lipinski definition) is 4. The molecule has 0 radical (unpaired) electrons. The molecule has 9 nitrogen and oxygen atoms in total. The van der Waals surface area contributed by atoms with Crippen LogP contribution >= 0.6 is 11.3 Å². The van der Waals surface area contributed by atoms with Crippen molar-refractivity contribution in [2.75, 3.05) is 18.4 Å². The first-order chi connectivity index (χ1) is 17.0. The van der Waals surface area contributed by atoms with Gasteiger partial charge in [-0.25, -0.2) is 5.84 Å². The standard InChI is InChI=1S/C25H31N7O2S/c26-21(24(34)28-15-14-19-9-3-1-4-10-19)18-32(27)16-8-7-13-23-30-31-25(35-23)29-22(33)17-20-11-5-2-6-12-20/h1-6,9-12,18H,7-8,13-17,26-27H2,(H,28,34)(H,29,31,33)/b21-18-. The lowest BCUT2D eigenvalue weighted by molar-refractivity contribution is -0.117. The molecule has 0 spiro atoms. The summed E-state index contributed by atoms with van der Waals surface area (Å²) in [6.45, 7) is 1.04. The van der Waals surface area contributed by atoms with Crippen LogP contribution in [0.2, 0.25) is 0 Å². The van der Waals surface area contributed by atoms with Gasteiger partial charge in [-0.15, -0.1) is 10.2 Å². The highest BCUT2D eigenvalue weighted by Gasteiger charge is 2.10. The third-order valence-corrected chi connectivity index (χ3v) is 5.99. The second-order valence-corrected chi connectivity index (χ2v) is 9.04. The average Bonchev–Trinajstić information content (AvgIpc) is 3.30. The summed E-state index contributed by atoms with van der Waals surface area (Å²) < 4.78 is 0. The van der Waals surface area contributed by atoms with Crippen LogP contribution < -0.4 is 22.2 Å². The Labute approximate surface area is 209 Å². The maximum absolute atomic E-state index is 12.1. The summed E-state index contributed by atoms with van der Waals surface area (Å²) in [6.07, 6.45) is 4.81. The number of amides is 2. The van der Waals surface area contributed by atoms with Crippen molar-refractivity contribution in [1.29, 1.82) is 0 Å². The minimum atomic E-state index is -0.341. The number of aryl methyl sites for hydroxylation is 1. The van der Waals surface area contributed by atoms with E-state index >= 15 is 0 Å². The number of hydrogen-bond acceptors (Lipinski definition) is 8. The number of nitrogens with one attached hydrogen (secondary N) is 2. The fraction of sp³-hybridized carbons (Fsp3) is 0.280. The van der Waals surface area contributed by atoms with Crippen LogP contribution in [0.1, 0.15) is 29.0 Å². The van der Waals surface area contributed by atoms with Gasteiger partial charge in [-0.3, -0.25) is 9.59 Å². The smallest absolute Gasteiger partial charge is 0.268 e. The molecule has 3 rings (SSSR count). The van der Waals surface area contributed by atoms with E-state index in [1.54, 1.807) is 0 Å². The number of benzene rings is 2. The average molecular weight is 494 g/mol. The van der Waals surface area contributed by atoms with Crippen LogP contribution in [0.25, 0.3) is 0 Å². The van der Waals surface area contributed by atoms with Crippen LogP contribution in [0, 0.1) is 0 Å². The van der Waals surface area contributed by atoms with Gasteiger partial charge in [-0.1, -0.05) is 72.0 Å². The van der Waals surface area contributed by atoms with Gasteiger partial charge in [0.1, 0.15) is 10.7 Å². The molecule has 2 amide bonds. The van der Waals surface area contributed by atoms with Crippen LogP contribution in [0.4, 0.5) is 5.13 Å². The number of carbonyl (C=O) groups excluding carboxylic acids is 2. The minimum absolute atomic E-state index is 0.0700. The zero-order valence-electron chi connectivity index (χ0n) is 19.5. The third-order valence-electron chi connectivity index (χ3n) is 5.09. The highest BCUT2D eigenvalue weighted by Crippen LogP contribution is 2.17. The normalized spacial score (nSPS) is 11.2. The van der Waals surface area contributed by atoms with E-state index in [0.717, 1.165) is 41.8 Å². The molecule has 0 aliphatic rings. The molecule has 10 heteroatoms. The van der Waals surface area contributed by atoms with Crippen molar-refractivity contribution >= 4 is 28.3 Å². The zero-order valence-corrected chi connectivity index (χ0v) is 20.3. The fourth-order valence-corrected chi connectivity index (χ4v) is 4.09. The van der Waals surface area contributed by atoms with E-state index in [-0.39, 0.29) is 17.5 Å². The van der Waals surface area contributed by atoms with Gasteiger partial charge in [0.05, 0.1) is 6.42 Å². The molecule has 184 valence electrons. The molecule has 0 aliphatic carbocycles. The summed E-state index contributed by atoms with van der Waals surface area (Å²) in [5.41, 5.74) is 8.02. The lowest BCUT2D eigenvalue weighted by atomic mass is 10.1. The van der Waals surface area contributed by atoms with Gasteiger partial charge in [0.15, 0.2) is 0 Å².